The first-order valence-electron chi connectivity index (χ1n) is 13.8. The molecule has 1 saturated heterocycles. The molecule has 0 bridgehead atoms. The number of nitrogens with zero attached hydrogens (tertiary/aromatic N) is 2. The Labute approximate surface area is 218 Å². The van der Waals surface area contributed by atoms with E-state index in [1.54, 1.807) is 6.07 Å². The lowest BCUT2D eigenvalue weighted by Crippen LogP contribution is -2.53. The average molecular weight is 503 g/mol. The average Bonchev–Trinajstić information content (AvgIpc) is 3.16. The van der Waals surface area contributed by atoms with Crippen molar-refractivity contribution in [3.63, 3.8) is 0 Å². The lowest BCUT2D eigenvalue weighted by Gasteiger charge is -2.33. The topological polar surface area (TPSA) is 106 Å². The monoisotopic (exact) mass is 502 g/mol. The van der Waals surface area contributed by atoms with E-state index in [1.165, 1.54) is 19.3 Å². The van der Waals surface area contributed by atoms with Gasteiger partial charge in [-0.1, -0.05) is 57.6 Å². The second-order valence-electron chi connectivity index (χ2n) is 12.0. The van der Waals surface area contributed by atoms with Crippen LogP contribution in [0, 0.1) is 41.4 Å². The highest BCUT2D eigenvalue weighted by Gasteiger charge is 2.69. The fraction of sp³-hybridized carbons (Fsp3) is 0.600. The number of aryl methyl sites for hydroxylation is 1. The molecular weight excluding hydrogens is 464 g/mol. The Balaban J connectivity index is 1.33. The Hall–Kier alpha value is -3.14. The van der Waals surface area contributed by atoms with E-state index in [4.69, 9.17) is 0 Å². The second kappa shape index (κ2) is 9.96. The molecular formula is C30H38N4O3. The molecule has 0 spiro atoms. The summed E-state index contributed by atoms with van der Waals surface area (Å²) >= 11 is 0. The number of nitrogens with one attached hydrogen (secondary N) is 2. The molecule has 2 aliphatic carbocycles. The van der Waals surface area contributed by atoms with Gasteiger partial charge in [0, 0.05) is 30.0 Å². The van der Waals surface area contributed by atoms with Crippen LogP contribution in [0.1, 0.15) is 69.9 Å². The fourth-order valence-corrected chi connectivity index (χ4v) is 6.88. The standard InChI is InChI=1S/C30H38N4O3/c1-18-11-12-24-20(13-18)14-21(27(35)33-24)15-22(16-31)32-28(36)26-25-23(30(25,2)3)17-34(26)29(37)19-9-7-5-4-6-8-10-19/h11-14,19,22-23,25-26H,4-10,15,17H2,1-3H3,(H,32,36)(H,33,35). The zero-order valence-corrected chi connectivity index (χ0v) is 22.2. The van der Waals surface area contributed by atoms with Gasteiger partial charge in [-0.3, -0.25) is 14.4 Å². The maximum Gasteiger partial charge on any atom is 0.251 e. The number of hydrogen-bond acceptors (Lipinski definition) is 4. The summed E-state index contributed by atoms with van der Waals surface area (Å²) in [5.41, 5.74) is 2.04. The molecule has 1 aromatic heterocycles. The van der Waals surface area contributed by atoms with Crippen LogP contribution in [-0.4, -0.2) is 40.3 Å². The first kappa shape index (κ1) is 25.5. The zero-order valence-electron chi connectivity index (χ0n) is 22.2. The van der Waals surface area contributed by atoms with Crippen LogP contribution in [0.2, 0.25) is 0 Å². The van der Waals surface area contributed by atoms with E-state index >= 15 is 0 Å². The van der Waals surface area contributed by atoms with Gasteiger partial charge in [0.2, 0.25) is 11.8 Å². The number of amides is 2. The van der Waals surface area contributed by atoms with Gasteiger partial charge in [-0.25, -0.2) is 0 Å². The summed E-state index contributed by atoms with van der Waals surface area (Å²) in [6.45, 7) is 6.93. The van der Waals surface area contributed by atoms with Gasteiger partial charge in [0.05, 0.1) is 6.07 Å². The number of H-pyrrole nitrogens is 1. The summed E-state index contributed by atoms with van der Waals surface area (Å²) in [5.74, 6) is 0.253. The highest BCUT2D eigenvalue weighted by atomic mass is 16.2. The first-order chi connectivity index (χ1) is 17.7. The molecule has 2 heterocycles. The maximum absolute atomic E-state index is 13.7. The van der Waals surface area contributed by atoms with E-state index in [1.807, 2.05) is 30.0 Å². The highest BCUT2D eigenvalue weighted by Crippen LogP contribution is 2.65. The summed E-state index contributed by atoms with van der Waals surface area (Å²) < 4.78 is 0. The van der Waals surface area contributed by atoms with E-state index in [2.05, 4.69) is 30.2 Å². The Morgan fingerprint density at radius 1 is 1.16 bits per heavy atom. The SMILES string of the molecule is Cc1ccc2[nH]c(=O)c(CC(C#N)NC(=O)C3C4C(CN3C(=O)C3CCCCCCC3)C4(C)C)cc2c1. The van der Waals surface area contributed by atoms with Crippen LogP contribution in [0.3, 0.4) is 0 Å². The highest BCUT2D eigenvalue weighted by molar-refractivity contribution is 5.91. The number of pyridine rings is 1. The lowest BCUT2D eigenvalue weighted by atomic mass is 9.89. The van der Waals surface area contributed by atoms with Crippen LogP contribution >= 0.6 is 0 Å². The molecule has 3 aliphatic rings. The molecule has 5 rings (SSSR count). The third kappa shape index (κ3) is 4.91. The van der Waals surface area contributed by atoms with E-state index < -0.39 is 12.1 Å². The minimum absolute atomic E-state index is 0.00914. The summed E-state index contributed by atoms with van der Waals surface area (Å²) in [5, 5.41) is 13.7. The van der Waals surface area contributed by atoms with Crippen molar-refractivity contribution in [2.75, 3.05) is 6.54 Å². The van der Waals surface area contributed by atoms with Gasteiger partial charge in [0.25, 0.3) is 5.56 Å². The summed E-state index contributed by atoms with van der Waals surface area (Å²) in [7, 11) is 0. The van der Waals surface area contributed by atoms with Crippen LogP contribution < -0.4 is 10.9 Å². The van der Waals surface area contributed by atoms with Gasteiger partial charge in [-0.05, 0) is 60.6 Å². The maximum atomic E-state index is 13.7. The molecule has 4 atom stereocenters. The molecule has 2 aromatic rings. The van der Waals surface area contributed by atoms with Crippen LogP contribution in [-0.2, 0) is 16.0 Å². The molecule has 7 heteroatoms. The van der Waals surface area contributed by atoms with Gasteiger partial charge in [-0.15, -0.1) is 0 Å². The lowest BCUT2D eigenvalue weighted by molar-refractivity contribution is -0.144. The number of fused-ring (bicyclic) bond motifs is 2. The predicted molar refractivity (Wildman–Crippen MR) is 143 cm³/mol. The van der Waals surface area contributed by atoms with E-state index in [0.717, 1.165) is 42.1 Å². The molecule has 2 amide bonds. The number of likely N-dealkylation sites (tertiary alicyclic amines) is 1. The molecule has 3 fully saturated rings. The van der Waals surface area contributed by atoms with E-state index in [0.29, 0.717) is 18.0 Å². The molecule has 4 unspecified atom stereocenters. The number of benzene rings is 1. The first-order valence-corrected chi connectivity index (χ1v) is 13.8. The number of aromatic amines is 1. The third-order valence-electron chi connectivity index (χ3n) is 9.19. The molecule has 1 aromatic carbocycles. The van der Waals surface area contributed by atoms with Crippen LogP contribution in [0.4, 0.5) is 0 Å². The van der Waals surface area contributed by atoms with Crippen molar-refractivity contribution in [3.8, 4) is 6.07 Å². The van der Waals surface area contributed by atoms with Crippen molar-refractivity contribution in [2.24, 2.45) is 23.2 Å². The number of rotatable bonds is 5. The molecule has 7 nitrogen and oxygen atoms in total. The van der Waals surface area contributed by atoms with Gasteiger partial charge >= 0.3 is 0 Å². The number of carbonyl (C=O) groups excluding carboxylic acids is 2. The summed E-state index contributed by atoms with van der Waals surface area (Å²) in [4.78, 5) is 44.7. The van der Waals surface area contributed by atoms with E-state index in [9.17, 15) is 19.6 Å². The number of piperidine rings is 1. The fourth-order valence-electron chi connectivity index (χ4n) is 6.88. The molecule has 0 radical (unpaired) electrons. The molecule has 1 aliphatic heterocycles. The largest absolute Gasteiger partial charge is 0.338 e. The Morgan fingerprint density at radius 2 is 1.86 bits per heavy atom. The van der Waals surface area contributed by atoms with Gasteiger partial charge < -0.3 is 15.2 Å². The minimum atomic E-state index is -0.852. The normalized spacial score (nSPS) is 26.0. The number of hydrogen-bond donors (Lipinski definition) is 2. The number of carbonyl (C=O) groups is 2. The van der Waals surface area contributed by atoms with Crippen molar-refractivity contribution in [1.29, 1.82) is 5.26 Å². The minimum Gasteiger partial charge on any atom is -0.338 e. The Kier molecular flexibility index (Phi) is 6.87. The third-order valence-corrected chi connectivity index (χ3v) is 9.19. The number of nitriles is 1. The summed E-state index contributed by atoms with van der Waals surface area (Å²) in [6, 6.07) is 8.37. The van der Waals surface area contributed by atoms with Crippen molar-refractivity contribution in [1.82, 2.24) is 15.2 Å². The van der Waals surface area contributed by atoms with Crippen molar-refractivity contribution >= 4 is 22.7 Å². The van der Waals surface area contributed by atoms with E-state index in [-0.39, 0.29) is 41.0 Å². The number of aromatic nitrogens is 1. The van der Waals surface area contributed by atoms with Crippen molar-refractivity contribution in [3.05, 3.63) is 45.7 Å². The second-order valence-corrected chi connectivity index (χ2v) is 12.0. The molecule has 2 saturated carbocycles. The van der Waals surface area contributed by atoms with Gasteiger partial charge in [-0.2, -0.15) is 5.26 Å². The van der Waals surface area contributed by atoms with Crippen molar-refractivity contribution in [2.45, 2.75) is 84.2 Å². The van der Waals surface area contributed by atoms with Crippen LogP contribution in [0.15, 0.2) is 29.1 Å². The molecule has 37 heavy (non-hydrogen) atoms. The van der Waals surface area contributed by atoms with Crippen LogP contribution in [0.25, 0.3) is 10.9 Å². The van der Waals surface area contributed by atoms with Gasteiger partial charge in [0.15, 0.2) is 0 Å². The quantitative estimate of drug-likeness (QED) is 0.638. The molecule has 2 N–H and O–H groups in total. The smallest absolute Gasteiger partial charge is 0.251 e. The van der Waals surface area contributed by atoms with Gasteiger partial charge in [0.1, 0.15) is 12.1 Å². The Bertz CT molecular complexity index is 1300. The zero-order chi connectivity index (χ0) is 26.3. The Morgan fingerprint density at radius 3 is 2.57 bits per heavy atom. The van der Waals surface area contributed by atoms with Crippen LogP contribution in [0.5, 0.6) is 0 Å². The summed E-state index contributed by atoms with van der Waals surface area (Å²) in [6.07, 6.45) is 7.62. The predicted octanol–water partition coefficient (Wildman–Crippen LogP) is 4.23. The molecule has 196 valence electrons. The van der Waals surface area contributed by atoms with Crippen molar-refractivity contribution < 1.29 is 9.59 Å².